The van der Waals surface area contributed by atoms with E-state index in [2.05, 4.69) is 0 Å². The van der Waals surface area contributed by atoms with Gasteiger partial charge in [-0.25, -0.2) is 0 Å². The number of rotatable bonds is 4. The monoisotopic (exact) mass is 237 g/mol. The molecule has 1 heterocycles. The maximum Gasteiger partial charge on any atom is 0.322 e. The third kappa shape index (κ3) is 3.07. The summed E-state index contributed by atoms with van der Waals surface area (Å²) in [7, 11) is -2.82. The van der Waals surface area contributed by atoms with Crippen molar-refractivity contribution in [3.8, 4) is 0 Å². The Hall–Kier alpha value is -0.300. The topological polar surface area (TPSA) is 81.0 Å². The summed E-state index contributed by atoms with van der Waals surface area (Å²) in [6.07, 6.45) is 1.11. The quantitative estimate of drug-likeness (QED) is 0.695. The maximum atomic E-state index is 11.1. The van der Waals surface area contributed by atoms with E-state index in [1.807, 2.05) is 13.8 Å². The molecule has 0 radical (unpaired) electrons. The van der Waals surface area contributed by atoms with Crippen LogP contribution < -0.4 is 0 Å². The van der Waals surface area contributed by atoms with Crippen LogP contribution >= 0.6 is 10.8 Å². The zero-order valence-corrected chi connectivity index (χ0v) is 9.90. The predicted molar refractivity (Wildman–Crippen MR) is 59.9 cm³/mol. The number of carboxylic acid groups (broad SMARTS) is 1. The highest BCUT2D eigenvalue weighted by molar-refractivity contribution is 8.22. The van der Waals surface area contributed by atoms with E-state index >= 15 is 0 Å². The number of hydrogen-bond acceptors (Lipinski definition) is 4. The Morgan fingerprint density at radius 1 is 1.47 bits per heavy atom. The second-order valence-electron chi connectivity index (χ2n) is 4.31. The molecule has 1 atom stereocenters. The SMILES string of the molecule is CC(C)C[C@@H](C(=O)O)N1CCCS1(O)O. The largest absolute Gasteiger partial charge is 0.480 e. The molecule has 5 nitrogen and oxygen atoms in total. The molecular formula is C9H19NO4S. The fourth-order valence-corrected chi connectivity index (χ4v) is 3.58. The molecule has 1 rings (SSSR count). The zero-order chi connectivity index (χ0) is 11.6. The third-order valence-electron chi connectivity index (χ3n) is 2.50. The van der Waals surface area contributed by atoms with E-state index in [0.29, 0.717) is 25.1 Å². The molecule has 0 saturated carbocycles. The lowest BCUT2D eigenvalue weighted by Gasteiger charge is -2.40. The highest BCUT2D eigenvalue weighted by Gasteiger charge is 2.38. The van der Waals surface area contributed by atoms with Crippen molar-refractivity contribution >= 4 is 16.7 Å². The highest BCUT2D eigenvalue weighted by atomic mass is 32.3. The number of hydrogen-bond donors (Lipinski definition) is 3. The molecule has 0 aromatic heterocycles. The Balaban J connectivity index is 2.75. The minimum atomic E-state index is -2.82. The van der Waals surface area contributed by atoms with Gasteiger partial charge in [-0.05, 0) is 18.8 Å². The van der Waals surface area contributed by atoms with E-state index < -0.39 is 22.8 Å². The van der Waals surface area contributed by atoms with Crippen LogP contribution in [-0.2, 0) is 4.79 Å². The molecule has 0 aromatic carbocycles. The van der Waals surface area contributed by atoms with Crippen LogP contribution in [0.4, 0.5) is 0 Å². The fraction of sp³-hybridized carbons (Fsp3) is 0.889. The van der Waals surface area contributed by atoms with E-state index in [1.165, 1.54) is 4.31 Å². The Morgan fingerprint density at radius 3 is 2.40 bits per heavy atom. The van der Waals surface area contributed by atoms with Crippen LogP contribution in [0.25, 0.3) is 0 Å². The van der Waals surface area contributed by atoms with Gasteiger partial charge in [0.2, 0.25) is 0 Å². The molecule has 1 aliphatic heterocycles. The lowest BCUT2D eigenvalue weighted by Crippen LogP contribution is -2.41. The summed E-state index contributed by atoms with van der Waals surface area (Å²) in [5.41, 5.74) is 0. The number of carboxylic acids is 1. The van der Waals surface area contributed by atoms with Crippen molar-refractivity contribution in [2.24, 2.45) is 5.92 Å². The van der Waals surface area contributed by atoms with Gasteiger partial charge in [-0.2, -0.15) is 4.31 Å². The second kappa shape index (κ2) is 4.69. The summed E-state index contributed by atoms with van der Waals surface area (Å²) < 4.78 is 20.7. The number of nitrogens with zero attached hydrogens (tertiary/aromatic N) is 1. The van der Waals surface area contributed by atoms with Crippen LogP contribution in [0.3, 0.4) is 0 Å². The molecule has 0 unspecified atom stereocenters. The number of aliphatic carboxylic acids is 1. The minimum Gasteiger partial charge on any atom is -0.480 e. The molecule has 0 spiro atoms. The van der Waals surface area contributed by atoms with Crippen LogP contribution in [0.15, 0.2) is 0 Å². The lowest BCUT2D eigenvalue weighted by molar-refractivity contribution is -0.142. The zero-order valence-electron chi connectivity index (χ0n) is 9.09. The van der Waals surface area contributed by atoms with Gasteiger partial charge in [-0.15, -0.1) is 10.8 Å². The van der Waals surface area contributed by atoms with Crippen molar-refractivity contribution in [3.05, 3.63) is 0 Å². The van der Waals surface area contributed by atoms with Crippen molar-refractivity contribution in [3.63, 3.8) is 0 Å². The van der Waals surface area contributed by atoms with E-state index in [4.69, 9.17) is 5.11 Å². The van der Waals surface area contributed by atoms with Crippen molar-refractivity contribution < 1.29 is 19.0 Å². The summed E-state index contributed by atoms with van der Waals surface area (Å²) in [6.45, 7) is 4.32. The molecule has 0 aromatic rings. The first kappa shape index (κ1) is 12.8. The molecule has 1 aliphatic rings. The van der Waals surface area contributed by atoms with Gasteiger partial charge in [-0.1, -0.05) is 13.8 Å². The molecule has 1 fully saturated rings. The molecule has 6 heteroatoms. The van der Waals surface area contributed by atoms with Crippen molar-refractivity contribution in [2.45, 2.75) is 32.7 Å². The van der Waals surface area contributed by atoms with Crippen LogP contribution in [0.1, 0.15) is 26.7 Å². The smallest absolute Gasteiger partial charge is 0.322 e. The summed E-state index contributed by atoms with van der Waals surface area (Å²) >= 11 is 0. The molecule has 0 bridgehead atoms. The normalized spacial score (nSPS) is 25.4. The Morgan fingerprint density at radius 2 is 2.07 bits per heavy atom. The average molecular weight is 237 g/mol. The summed E-state index contributed by atoms with van der Waals surface area (Å²) in [5.74, 6) is -0.443. The van der Waals surface area contributed by atoms with Gasteiger partial charge in [0.05, 0.1) is 5.75 Å². The predicted octanol–water partition coefficient (Wildman–Crippen LogP) is 1.86. The molecular weight excluding hydrogens is 218 g/mol. The van der Waals surface area contributed by atoms with E-state index in [1.54, 1.807) is 0 Å². The fourth-order valence-electron chi connectivity index (χ4n) is 1.83. The molecule has 0 aliphatic carbocycles. The van der Waals surface area contributed by atoms with E-state index in [0.717, 1.165) is 0 Å². The third-order valence-corrected chi connectivity index (χ3v) is 4.52. The van der Waals surface area contributed by atoms with E-state index in [-0.39, 0.29) is 5.92 Å². The lowest BCUT2D eigenvalue weighted by atomic mass is 10.0. The maximum absolute atomic E-state index is 11.1. The van der Waals surface area contributed by atoms with Crippen molar-refractivity contribution in [1.29, 1.82) is 0 Å². The van der Waals surface area contributed by atoms with Gasteiger partial charge < -0.3 is 5.11 Å². The van der Waals surface area contributed by atoms with Gasteiger partial charge >= 0.3 is 5.97 Å². The summed E-state index contributed by atoms with van der Waals surface area (Å²) in [5, 5.41) is 9.06. The molecule has 3 N–H and O–H groups in total. The van der Waals surface area contributed by atoms with Gasteiger partial charge in [-0.3, -0.25) is 13.9 Å². The highest BCUT2D eigenvalue weighted by Crippen LogP contribution is 2.50. The Bertz CT molecular complexity index is 244. The van der Waals surface area contributed by atoms with Crippen LogP contribution in [-0.4, -0.2) is 42.8 Å². The standard InChI is InChI=1S/C9H19NO4S/c1-7(2)6-8(9(11)12)10-4-3-5-15(10,13)14/h7-8,13-14H,3-6H2,1-2H3,(H,11,12)/t8-/m0/s1. The van der Waals surface area contributed by atoms with Crippen molar-refractivity contribution in [2.75, 3.05) is 12.3 Å². The Kier molecular flexibility index (Phi) is 3.99. The molecule has 0 amide bonds. The van der Waals surface area contributed by atoms with Gasteiger partial charge in [0, 0.05) is 6.54 Å². The Labute approximate surface area is 91.6 Å². The average Bonchev–Trinajstić information content (AvgIpc) is 2.40. The van der Waals surface area contributed by atoms with Gasteiger partial charge in [0.15, 0.2) is 0 Å². The molecule has 1 saturated heterocycles. The van der Waals surface area contributed by atoms with Crippen LogP contribution in [0.5, 0.6) is 0 Å². The minimum absolute atomic E-state index is 0.224. The van der Waals surface area contributed by atoms with Crippen LogP contribution in [0.2, 0.25) is 0 Å². The first-order valence-electron chi connectivity index (χ1n) is 5.10. The molecule has 15 heavy (non-hydrogen) atoms. The number of carbonyl (C=O) groups is 1. The van der Waals surface area contributed by atoms with E-state index in [9.17, 15) is 13.9 Å². The van der Waals surface area contributed by atoms with Crippen molar-refractivity contribution in [1.82, 2.24) is 4.31 Å². The first-order chi connectivity index (χ1) is 6.84. The van der Waals surface area contributed by atoms with Gasteiger partial charge in [0.1, 0.15) is 6.04 Å². The summed E-state index contributed by atoms with van der Waals surface area (Å²) in [4.78, 5) is 11.1. The van der Waals surface area contributed by atoms with Gasteiger partial charge in [0.25, 0.3) is 0 Å². The first-order valence-corrected chi connectivity index (χ1v) is 6.77. The molecule has 90 valence electrons. The summed E-state index contributed by atoms with van der Waals surface area (Å²) in [6, 6.07) is -0.766. The van der Waals surface area contributed by atoms with Crippen LogP contribution in [0, 0.1) is 5.92 Å². The second-order valence-corrected chi connectivity index (χ2v) is 6.46.